The van der Waals surface area contributed by atoms with Gasteiger partial charge in [0.25, 0.3) is 5.91 Å². The Morgan fingerprint density at radius 3 is 2.68 bits per heavy atom. The Labute approximate surface area is 203 Å². The zero-order valence-corrected chi connectivity index (χ0v) is 19.5. The molecule has 0 bridgehead atoms. The van der Waals surface area contributed by atoms with Crippen molar-refractivity contribution in [3.05, 3.63) is 92.4 Å². The van der Waals surface area contributed by atoms with E-state index in [2.05, 4.69) is 15.6 Å². The van der Waals surface area contributed by atoms with Gasteiger partial charge in [0.1, 0.15) is 18.2 Å². The number of anilines is 1. The van der Waals surface area contributed by atoms with Gasteiger partial charge in [-0.2, -0.15) is 5.10 Å². The Hall–Kier alpha value is -3.43. The van der Waals surface area contributed by atoms with Crippen molar-refractivity contribution < 1.29 is 22.8 Å². The minimum absolute atomic E-state index is 0.0343. The maximum atomic E-state index is 13.9. The van der Waals surface area contributed by atoms with Crippen LogP contribution in [0.15, 0.2) is 47.0 Å². The Morgan fingerprint density at radius 2 is 1.94 bits per heavy atom. The number of benzene rings is 2. The molecule has 7 nitrogen and oxygen atoms in total. The molecule has 176 valence electrons. The molecule has 1 amide bonds. The molecular formula is C23H18Cl2F2N4O3. The fourth-order valence-electron chi connectivity index (χ4n) is 3.20. The van der Waals surface area contributed by atoms with Crippen LogP contribution in [0.1, 0.15) is 33.1 Å². The van der Waals surface area contributed by atoms with Crippen molar-refractivity contribution in [3.63, 3.8) is 0 Å². The van der Waals surface area contributed by atoms with E-state index in [1.54, 1.807) is 35.9 Å². The zero-order valence-electron chi connectivity index (χ0n) is 18.0. The second kappa shape index (κ2) is 9.82. The molecule has 0 atom stereocenters. The van der Waals surface area contributed by atoms with Crippen LogP contribution in [-0.2, 0) is 13.2 Å². The largest absolute Gasteiger partial charge is 0.486 e. The fraction of sp³-hybridized carbons (Fsp3) is 0.174. The van der Waals surface area contributed by atoms with Crippen molar-refractivity contribution in [2.75, 3.05) is 5.32 Å². The normalized spacial score (nSPS) is 11.0. The highest BCUT2D eigenvalue weighted by Crippen LogP contribution is 2.24. The number of carbonyl (C=O) groups excluding carboxylic acids is 1. The van der Waals surface area contributed by atoms with Crippen LogP contribution in [0.25, 0.3) is 0 Å². The maximum absolute atomic E-state index is 13.9. The summed E-state index contributed by atoms with van der Waals surface area (Å²) in [6.07, 6.45) is 0. The van der Waals surface area contributed by atoms with Gasteiger partial charge >= 0.3 is 0 Å². The molecule has 2 heterocycles. The Kier molecular flexibility index (Phi) is 6.85. The second-order valence-corrected chi connectivity index (χ2v) is 8.29. The van der Waals surface area contributed by atoms with E-state index in [9.17, 15) is 13.6 Å². The number of aromatic nitrogens is 3. The molecule has 0 spiro atoms. The monoisotopic (exact) mass is 506 g/mol. The highest BCUT2D eigenvalue weighted by molar-refractivity contribution is 6.35. The second-order valence-electron chi connectivity index (χ2n) is 7.45. The SMILES string of the molecule is Cc1onc(C(=O)Nc2cc(C)n(Cc3ccc(Cl)cc3Cl)n2)c1COc1ccc(F)cc1F. The summed E-state index contributed by atoms with van der Waals surface area (Å²) < 4.78 is 39.2. The van der Waals surface area contributed by atoms with E-state index in [1.165, 1.54) is 0 Å². The molecule has 2 aromatic heterocycles. The first-order valence-electron chi connectivity index (χ1n) is 10.0. The first-order valence-corrected chi connectivity index (χ1v) is 10.8. The van der Waals surface area contributed by atoms with Gasteiger partial charge in [-0.3, -0.25) is 9.48 Å². The minimum Gasteiger partial charge on any atom is -0.486 e. The molecule has 0 aliphatic heterocycles. The summed E-state index contributed by atoms with van der Waals surface area (Å²) in [7, 11) is 0. The Balaban J connectivity index is 1.47. The minimum atomic E-state index is -0.859. The number of rotatable bonds is 7. The summed E-state index contributed by atoms with van der Waals surface area (Å²) in [5, 5.41) is 11.9. The van der Waals surface area contributed by atoms with Crippen molar-refractivity contribution >= 4 is 34.9 Å². The fourth-order valence-corrected chi connectivity index (χ4v) is 3.67. The quantitative estimate of drug-likeness (QED) is 0.334. The summed E-state index contributed by atoms with van der Waals surface area (Å²) in [6.45, 7) is 3.60. The van der Waals surface area contributed by atoms with Crippen molar-refractivity contribution in [2.24, 2.45) is 0 Å². The predicted molar refractivity (Wildman–Crippen MR) is 122 cm³/mol. The third-order valence-electron chi connectivity index (χ3n) is 5.02. The predicted octanol–water partition coefficient (Wildman–Crippen LogP) is 5.95. The van der Waals surface area contributed by atoms with E-state index < -0.39 is 17.5 Å². The van der Waals surface area contributed by atoms with Crippen LogP contribution in [0.5, 0.6) is 5.75 Å². The number of nitrogens with one attached hydrogen (secondary N) is 1. The van der Waals surface area contributed by atoms with Gasteiger partial charge in [-0.15, -0.1) is 0 Å². The lowest BCUT2D eigenvalue weighted by Gasteiger charge is -2.08. The molecule has 0 unspecified atom stereocenters. The third kappa shape index (κ3) is 5.21. The van der Waals surface area contributed by atoms with Gasteiger partial charge in [-0.05, 0) is 43.7 Å². The summed E-state index contributed by atoms with van der Waals surface area (Å²) in [6, 6.07) is 9.82. The molecule has 0 saturated carbocycles. The zero-order chi connectivity index (χ0) is 24.4. The third-order valence-corrected chi connectivity index (χ3v) is 5.61. The topological polar surface area (TPSA) is 82.2 Å². The molecule has 4 aromatic rings. The lowest BCUT2D eigenvalue weighted by atomic mass is 10.2. The number of aryl methyl sites for hydroxylation is 2. The summed E-state index contributed by atoms with van der Waals surface area (Å²) in [5.41, 5.74) is 1.89. The first kappa shape index (κ1) is 23.7. The molecule has 1 N–H and O–H groups in total. The van der Waals surface area contributed by atoms with E-state index in [0.717, 1.165) is 23.4 Å². The summed E-state index contributed by atoms with van der Waals surface area (Å²) in [5.74, 6) is -1.70. The number of halogens is 4. The number of hydrogen-bond acceptors (Lipinski definition) is 5. The lowest BCUT2D eigenvalue weighted by molar-refractivity contribution is 0.101. The van der Waals surface area contributed by atoms with E-state index in [1.807, 2.05) is 6.92 Å². The average Bonchev–Trinajstić information content (AvgIpc) is 3.31. The maximum Gasteiger partial charge on any atom is 0.279 e. The van der Waals surface area contributed by atoms with E-state index in [0.29, 0.717) is 39.8 Å². The van der Waals surface area contributed by atoms with E-state index in [-0.39, 0.29) is 18.1 Å². The van der Waals surface area contributed by atoms with Crippen LogP contribution in [0.4, 0.5) is 14.6 Å². The van der Waals surface area contributed by atoms with Crippen LogP contribution < -0.4 is 10.1 Å². The highest BCUT2D eigenvalue weighted by Gasteiger charge is 2.22. The number of amides is 1. The summed E-state index contributed by atoms with van der Waals surface area (Å²) >= 11 is 12.2. The molecule has 34 heavy (non-hydrogen) atoms. The van der Waals surface area contributed by atoms with Gasteiger partial charge in [0.15, 0.2) is 23.1 Å². The van der Waals surface area contributed by atoms with Crippen LogP contribution in [0, 0.1) is 25.5 Å². The summed E-state index contributed by atoms with van der Waals surface area (Å²) in [4.78, 5) is 12.8. The standard InChI is InChI=1S/C23H18Cl2F2N4O3/c1-12-7-21(29-31(12)10-14-3-4-15(24)8-18(14)25)28-23(32)22-17(13(2)34-30-22)11-33-20-6-5-16(26)9-19(20)27/h3-9H,10-11H2,1-2H3,(H,28,29,32). The van der Waals surface area contributed by atoms with Crippen LogP contribution in [0.3, 0.4) is 0 Å². The molecule has 11 heteroatoms. The molecule has 0 aliphatic carbocycles. The first-order chi connectivity index (χ1) is 16.2. The van der Waals surface area contributed by atoms with Gasteiger partial charge in [0, 0.05) is 27.9 Å². The molecule has 0 saturated heterocycles. The molecule has 2 aromatic carbocycles. The van der Waals surface area contributed by atoms with Crippen molar-refractivity contribution in [1.82, 2.24) is 14.9 Å². The molecular weight excluding hydrogens is 489 g/mol. The number of hydrogen-bond donors (Lipinski definition) is 1. The van der Waals surface area contributed by atoms with E-state index in [4.69, 9.17) is 32.5 Å². The number of nitrogens with zero attached hydrogens (tertiary/aromatic N) is 3. The van der Waals surface area contributed by atoms with E-state index >= 15 is 0 Å². The van der Waals surface area contributed by atoms with Gasteiger partial charge in [0.2, 0.25) is 0 Å². The van der Waals surface area contributed by atoms with Crippen molar-refractivity contribution in [2.45, 2.75) is 27.0 Å². The van der Waals surface area contributed by atoms with Crippen molar-refractivity contribution in [1.29, 1.82) is 0 Å². The number of carbonyl (C=O) groups is 1. The van der Waals surface area contributed by atoms with Crippen LogP contribution in [-0.4, -0.2) is 20.8 Å². The number of ether oxygens (including phenoxy) is 1. The highest BCUT2D eigenvalue weighted by atomic mass is 35.5. The smallest absolute Gasteiger partial charge is 0.279 e. The van der Waals surface area contributed by atoms with Gasteiger partial charge in [-0.25, -0.2) is 8.78 Å². The average molecular weight is 507 g/mol. The molecule has 0 radical (unpaired) electrons. The van der Waals surface area contributed by atoms with Crippen molar-refractivity contribution in [3.8, 4) is 5.75 Å². The van der Waals surface area contributed by atoms with Gasteiger partial charge < -0.3 is 14.6 Å². The lowest BCUT2D eigenvalue weighted by Crippen LogP contribution is -2.16. The van der Waals surface area contributed by atoms with Crippen LogP contribution in [0.2, 0.25) is 10.0 Å². The Bertz CT molecular complexity index is 1370. The van der Waals surface area contributed by atoms with Gasteiger partial charge in [-0.1, -0.05) is 34.4 Å². The molecule has 4 rings (SSSR count). The molecule has 0 aliphatic rings. The van der Waals surface area contributed by atoms with Crippen LogP contribution >= 0.6 is 23.2 Å². The molecule has 0 fully saturated rings. The van der Waals surface area contributed by atoms with Gasteiger partial charge in [0.05, 0.1) is 12.1 Å². The Morgan fingerprint density at radius 1 is 1.15 bits per heavy atom.